The zero-order valence-corrected chi connectivity index (χ0v) is 12.2. The molecule has 0 N–H and O–H groups in total. The highest BCUT2D eigenvalue weighted by molar-refractivity contribution is 8.03. The molecule has 0 amide bonds. The third-order valence-electron chi connectivity index (χ3n) is 1.97. The van der Waals surface area contributed by atoms with Crippen LogP contribution in [-0.2, 0) is 0 Å². The molecule has 0 saturated heterocycles. The Labute approximate surface area is 103 Å². The first kappa shape index (κ1) is 15.1. The van der Waals surface area contributed by atoms with Crippen molar-refractivity contribution in [1.29, 1.82) is 0 Å². The van der Waals surface area contributed by atoms with E-state index in [9.17, 15) is 0 Å². The number of thioether (sulfide) groups is 2. The first-order chi connectivity index (χ1) is 7.15. The summed E-state index contributed by atoms with van der Waals surface area (Å²) in [6.07, 6.45) is 1.04. The Hall–Kier alpha value is 0.110. The van der Waals surface area contributed by atoms with Crippen LogP contribution in [0.4, 0.5) is 0 Å². The zero-order chi connectivity index (χ0) is 11.7. The SMILES string of the molecule is CCSC/C(C)=C(\N=C(\C)CC)SCC. The Bertz CT molecular complexity index is 232. The van der Waals surface area contributed by atoms with Gasteiger partial charge in [0.25, 0.3) is 0 Å². The molecule has 0 spiro atoms. The molecule has 0 rings (SSSR count). The van der Waals surface area contributed by atoms with E-state index in [1.54, 1.807) is 0 Å². The van der Waals surface area contributed by atoms with Crippen LogP contribution in [0.2, 0.25) is 0 Å². The molecule has 0 unspecified atom stereocenters. The number of hydrogen-bond donors (Lipinski definition) is 0. The maximum Gasteiger partial charge on any atom is 0.0956 e. The Morgan fingerprint density at radius 3 is 2.20 bits per heavy atom. The van der Waals surface area contributed by atoms with Crippen molar-refractivity contribution in [2.24, 2.45) is 4.99 Å². The maximum atomic E-state index is 4.68. The van der Waals surface area contributed by atoms with E-state index in [1.165, 1.54) is 22.1 Å². The van der Waals surface area contributed by atoms with Crippen molar-refractivity contribution in [3.63, 3.8) is 0 Å². The first-order valence-corrected chi connectivity index (χ1v) is 7.74. The van der Waals surface area contributed by atoms with Crippen LogP contribution in [-0.4, -0.2) is 23.0 Å². The second kappa shape index (κ2) is 9.34. The van der Waals surface area contributed by atoms with Gasteiger partial charge in [0.2, 0.25) is 0 Å². The minimum absolute atomic E-state index is 1.04. The van der Waals surface area contributed by atoms with Gasteiger partial charge in [0, 0.05) is 11.5 Å². The van der Waals surface area contributed by atoms with E-state index in [2.05, 4.69) is 39.6 Å². The topological polar surface area (TPSA) is 12.4 Å². The van der Waals surface area contributed by atoms with Gasteiger partial charge in [0.1, 0.15) is 0 Å². The number of nitrogens with zero attached hydrogens (tertiary/aromatic N) is 1. The number of rotatable bonds is 7. The normalized spacial score (nSPS) is 14.1. The van der Waals surface area contributed by atoms with Crippen LogP contribution < -0.4 is 0 Å². The molecular formula is C12H23NS2. The molecule has 0 bridgehead atoms. The monoisotopic (exact) mass is 245 g/mol. The summed E-state index contributed by atoms with van der Waals surface area (Å²) in [6, 6.07) is 0. The Morgan fingerprint density at radius 2 is 1.73 bits per heavy atom. The molecule has 88 valence electrons. The van der Waals surface area contributed by atoms with Gasteiger partial charge in [-0.1, -0.05) is 20.8 Å². The predicted molar refractivity (Wildman–Crippen MR) is 77.2 cm³/mol. The zero-order valence-electron chi connectivity index (χ0n) is 10.6. The molecule has 0 aliphatic rings. The standard InChI is InChI=1S/C12H23NS2/c1-6-11(5)13-12(15-8-3)10(4)9-14-7-2/h6-9H2,1-5H3/b12-10+,13-11-. The van der Waals surface area contributed by atoms with Gasteiger partial charge >= 0.3 is 0 Å². The van der Waals surface area contributed by atoms with Crippen molar-refractivity contribution < 1.29 is 0 Å². The quantitative estimate of drug-likeness (QED) is 0.608. The van der Waals surface area contributed by atoms with Gasteiger partial charge in [-0.15, -0.1) is 11.8 Å². The van der Waals surface area contributed by atoms with Crippen LogP contribution >= 0.6 is 23.5 Å². The van der Waals surface area contributed by atoms with E-state index in [1.807, 2.05) is 23.5 Å². The van der Waals surface area contributed by atoms with E-state index >= 15 is 0 Å². The van der Waals surface area contributed by atoms with Crippen LogP contribution in [0.3, 0.4) is 0 Å². The highest BCUT2D eigenvalue weighted by Crippen LogP contribution is 2.23. The molecule has 0 aliphatic heterocycles. The van der Waals surface area contributed by atoms with Crippen molar-refractivity contribution in [2.75, 3.05) is 17.3 Å². The van der Waals surface area contributed by atoms with Crippen molar-refractivity contribution >= 4 is 29.2 Å². The summed E-state index contributed by atoms with van der Waals surface area (Å²) >= 11 is 3.82. The van der Waals surface area contributed by atoms with Gasteiger partial charge in [-0.05, 0) is 37.3 Å². The van der Waals surface area contributed by atoms with Crippen molar-refractivity contribution in [1.82, 2.24) is 0 Å². The van der Waals surface area contributed by atoms with Crippen molar-refractivity contribution in [3.05, 3.63) is 10.6 Å². The summed E-state index contributed by atoms with van der Waals surface area (Å²) < 4.78 is 0. The molecule has 0 radical (unpaired) electrons. The lowest BCUT2D eigenvalue weighted by Crippen LogP contribution is -1.93. The van der Waals surface area contributed by atoms with Gasteiger partial charge in [0.15, 0.2) is 0 Å². The second-order valence-corrected chi connectivity index (χ2v) is 5.88. The molecule has 0 aromatic heterocycles. The maximum absolute atomic E-state index is 4.68. The minimum Gasteiger partial charge on any atom is -0.251 e. The van der Waals surface area contributed by atoms with Gasteiger partial charge in [-0.2, -0.15) is 11.8 Å². The molecule has 0 saturated carbocycles. The Balaban J connectivity index is 4.60. The summed E-state index contributed by atoms with van der Waals surface area (Å²) in [6.45, 7) is 10.8. The molecule has 0 aromatic carbocycles. The summed E-state index contributed by atoms with van der Waals surface area (Å²) in [4.78, 5) is 4.68. The fourth-order valence-corrected chi connectivity index (χ4v) is 2.51. The molecule has 3 heteroatoms. The summed E-state index contributed by atoms with van der Waals surface area (Å²) in [5.74, 6) is 3.39. The highest BCUT2D eigenvalue weighted by Gasteiger charge is 2.02. The third kappa shape index (κ3) is 7.07. The summed E-state index contributed by atoms with van der Waals surface area (Å²) in [5, 5.41) is 1.23. The Kier molecular flexibility index (Phi) is 9.41. The van der Waals surface area contributed by atoms with Crippen molar-refractivity contribution in [2.45, 2.75) is 41.0 Å². The van der Waals surface area contributed by atoms with Crippen LogP contribution in [0.1, 0.15) is 41.0 Å². The summed E-state index contributed by atoms with van der Waals surface area (Å²) in [7, 11) is 0. The molecule has 1 nitrogen and oxygen atoms in total. The molecule has 15 heavy (non-hydrogen) atoms. The van der Waals surface area contributed by atoms with E-state index < -0.39 is 0 Å². The largest absolute Gasteiger partial charge is 0.251 e. The fraction of sp³-hybridized carbons (Fsp3) is 0.750. The molecule has 0 heterocycles. The molecule has 0 aliphatic carbocycles. The van der Waals surface area contributed by atoms with Crippen LogP contribution in [0, 0.1) is 0 Å². The lowest BCUT2D eigenvalue weighted by Gasteiger charge is -2.07. The van der Waals surface area contributed by atoms with Gasteiger partial charge in [-0.25, -0.2) is 0 Å². The molecule has 0 fully saturated rings. The fourth-order valence-electron chi connectivity index (χ4n) is 0.957. The average Bonchev–Trinajstić information content (AvgIpc) is 2.24. The van der Waals surface area contributed by atoms with E-state index in [4.69, 9.17) is 0 Å². The predicted octanol–water partition coefficient (Wildman–Crippen LogP) is 4.60. The second-order valence-electron chi connectivity index (χ2n) is 3.36. The van der Waals surface area contributed by atoms with Gasteiger partial charge < -0.3 is 0 Å². The lowest BCUT2D eigenvalue weighted by atomic mass is 10.3. The van der Waals surface area contributed by atoms with Crippen molar-refractivity contribution in [3.8, 4) is 0 Å². The molecular weight excluding hydrogens is 222 g/mol. The van der Waals surface area contributed by atoms with Crippen LogP contribution in [0.25, 0.3) is 0 Å². The van der Waals surface area contributed by atoms with Gasteiger partial charge in [0.05, 0.1) is 5.03 Å². The highest BCUT2D eigenvalue weighted by atomic mass is 32.2. The number of hydrogen-bond acceptors (Lipinski definition) is 3. The Morgan fingerprint density at radius 1 is 1.07 bits per heavy atom. The number of aliphatic imine (C=N–C) groups is 1. The van der Waals surface area contributed by atoms with E-state index in [-0.39, 0.29) is 0 Å². The third-order valence-corrected chi connectivity index (χ3v) is 4.02. The van der Waals surface area contributed by atoms with E-state index in [0.717, 1.165) is 17.9 Å². The summed E-state index contributed by atoms with van der Waals surface area (Å²) in [5.41, 5.74) is 2.65. The average molecular weight is 245 g/mol. The van der Waals surface area contributed by atoms with E-state index in [0.29, 0.717) is 0 Å². The van der Waals surface area contributed by atoms with Crippen LogP contribution in [0.15, 0.2) is 15.6 Å². The first-order valence-electron chi connectivity index (χ1n) is 5.60. The molecule has 0 atom stereocenters. The lowest BCUT2D eigenvalue weighted by molar-refractivity contribution is 1.22. The van der Waals surface area contributed by atoms with Crippen LogP contribution in [0.5, 0.6) is 0 Å². The van der Waals surface area contributed by atoms with Gasteiger partial charge in [-0.3, -0.25) is 4.99 Å². The minimum atomic E-state index is 1.04. The molecule has 0 aromatic rings. The smallest absolute Gasteiger partial charge is 0.0956 e.